The molecule has 0 aliphatic heterocycles. The number of aryl methyl sites for hydroxylation is 1. The lowest BCUT2D eigenvalue weighted by molar-refractivity contribution is 0.439. The summed E-state index contributed by atoms with van der Waals surface area (Å²) in [6.45, 7) is 0. The summed E-state index contributed by atoms with van der Waals surface area (Å²) in [5.74, 6) is 0.102. The maximum Gasteiger partial charge on any atom is 0.214 e. The fourth-order valence-electron chi connectivity index (χ4n) is 1.85. The van der Waals surface area contributed by atoms with Crippen molar-refractivity contribution in [1.29, 1.82) is 0 Å². The van der Waals surface area contributed by atoms with E-state index in [4.69, 9.17) is 18.0 Å². The van der Waals surface area contributed by atoms with Gasteiger partial charge >= 0.3 is 0 Å². The summed E-state index contributed by atoms with van der Waals surface area (Å²) >= 11 is 4.83. The summed E-state index contributed by atoms with van der Waals surface area (Å²) < 4.78 is 0. The molecule has 74 valence electrons. The molecule has 14 heavy (non-hydrogen) atoms. The summed E-state index contributed by atoms with van der Waals surface area (Å²) in [5.41, 5.74) is 8.11. The Kier molecular flexibility index (Phi) is 2.37. The van der Waals surface area contributed by atoms with Crippen LogP contribution in [0.3, 0.4) is 0 Å². The average molecular weight is 208 g/mol. The van der Waals surface area contributed by atoms with E-state index in [0.29, 0.717) is 5.69 Å². The van der Waals surface area contributed by atoms with Crippen LogP contribution in [0.25, 0.3) is 0 Å². The second-order valence-electron chi connectivity index (χ2n) is 3.54. The fourth-order valence-corrected chi connectivity index (χ4v) is 1.95. The molecule has 0 atom stereocenters. The number of nitrogens with zero attached hydrogens (tertiary/aromatic N) is 1. The predicted octanol–water partition coefficient (Wildman–Crippen LogP) is 1.30. The molecule has 0 saturated carbocycles. The third-order valence-corrected chi connectivity index (χ3v) is 2.78. The predicted molar refractivity (Wildman–Crippen MR) is 58.4 cm³/mol. The maximum atomic E-state index is 9.66. The summed E-state index contributed by atoms with van der Waals surface area (Å²) in [7, 11) is 0. The highest BCUT2D eigenvalue weighted by atomic mass is 32.1. The van der Waals surface area contributed by atoms with Crippen molar-refractivity contribution in [3.63, 3.8) is 0 Å². The number of thiocarbonyl (C=S) groups is 1. The van der Waals surface area contributed by atoms with Crippen molar-refractivity contribution < 1.29 is 5.11 Å². The van der Waals surface area contributed by atoms with E-state index in [1.54, 1.807) is 0 Å². The Labute approximate surface area is 88.0 Å². The maximum absolute atomic E-state index is 9.66. The molecule has 1 aliphatic carbocycles. The van der Waals surface area contributed by atoms with Gasteiger partial charge in [0.2, 0.25) is 5.88 Å². The zero-order valence-electron chi connectivity index (χ0n) is 7.79. The highest BCUT2D eigenvalue weighted by Crippen LogP contribution is 2.27. The van der Waals surface area contributed by atoms with Crippen molar-refractivity contribution >= 4 is 17.2 Å². The quantitative estimate of drug-likeness (QED) is 0.683. The van der Waals surface area contributed by atoms with Crippen LogP contribution in [-0.4, -0.2) is 15.1 Å². The monoisotopic (exact) mass is 208 g/mol. The van der Waals surface area contributed by atoms with Gasteiger partial charge in [-0.2, -0.15) is 0 Å². The Morgan fingerprint density at radius 3 is 2.86 bits per heavy atom. The third-order valence-electron chi connectivity index (χ3n) is 2.57. The van der Waals surface area contributed by atoms with Gasteiger partial charge in [-0.1, -0.05) is 12.2 Å². The Balaban J connectivity index is 2.51. The molecule has 4 heteroatoms. The Morgan fingerprint density at radius 1 is 1.43 bits per heavy atom. The van der Waals surface area contributed by atoms with E-state index in [1.165, 1.54) is 0 Å². The minimum atomic E-state index is 0.102. The van der Waals surface area contributed by atoms with Crippen molar-refractivity contribution in [2.24, 2.45) is 5.73 Å². The van der Waals surface area contributed by atoms with Crippen LogP contribution in [0.5, 0.6) is 5.88 Å². The zero-order chi connectivity index (χ0) is 10.1. The van der Waals surface area contributed by atoms with E-state index in [9.17, 15) is 5.11 Å². The molecule has 0 saturated heterocycles. The van der Waals surface area contributed by atoms with Gasteiger partial charge in [0.1, 0.15) is 10.7 Å². The summed E-state index contributed by atoms with van der Waals surface area (Å²) in [5, 5.41) is 9.66. The van der Waals surface area contributed by atoms with Crippen LogP contribution in [0.1, 0.15) is 29.7 Å². The van der Waals surface area contributed by atoms with Crippen LogP contribution in [0, 0.1) is 0 Å². The molecule has 3 N–H and O–H groups in total. The molecular weight excluding hydrogens is 196 g/mol. The van der Waals surface area contributed by atoms with Gasteiger partial charge in [0.15, 0.2) is 0 Å². The number of pyridine rings is 1. The normalized spacial score (nSPS) is 14.9. The summed E-state index contributed by atoms with van der Waals surface area (Å²) in [4.78, 5) is 4.22. The van der Waals surface area contributed by atoms with Crippen molar-refractivity contribution in [3.05, 3.63) is 22.9 Å². The highest BCUT2D eigenvalue weighted by Gasteiger charge is 2.16. The van der Waals surface area contributed by atoms with Crippen molar-refractivity contribution in [2.45, 2.75) is 25.7 Å². The van der Waals surface area contributed by atoms with Crippen molar-refractivity contribution in [3.8, 4) is 5.88 Å². The van der Waals surface area contributed by atoms with E-state index in [-0.39, 0.29) is 10.9 Å². The minimum Gasteiger partial charge on any atom is -0.493 e. The van der Waals surface area contributed by atoms with E-state index in [0.717, 1.165) is 36.8 Å². The van der Waals surface area contributed by atoms with Crippen LogP contribution in [-0.2, 0) is 12.8 Å². The molecule has 1 aromatic rings. The number of nitrogens with two attached hydrogens (primary N) is 1. The van der Waals surface area contributed by atoms with Crippen LogP contribution < -0.4 is 5.73 Å². The number of aromatic hydroxyl groups is 1. The van der Waals surface area contributed by atoms with Gasteiger partial charge in [0, 0.05) is 5.56 Å². The van der Waals surface area contributed by atoms with Gasteiger partial charge in [-0.05, 0) is 37.3 Å². The summed E-state index contributed by atoms with van der Waals surface area (Å²) in [6, 6.07) is 1.90. The van der Waals surface area contributed by atoms with E-state index >= 15 is 0 Å². The van der Waals surface area contributed by atoms with Gasteiger partial charge in [-0.25, -0.2) is 4.98 Å². The third kappa shape index (κ3) is 1.57. The Hall–Kier alpha value is -1.16. The van der Waals surface area contributed by atoms with E-state index in [1.807, 2.05) is 6.07 Å². The van der Waals surface area contributed by atoms with E-state index < -0.39 is 0 Å². The molecule has 0 radical (unpaired) electrons. The minimum absolute atomic E-state index is 0.102. The standard InChI is InChI=1S/C10H12N2OS/c11-9(14)8-5-6-3-1-2-4-7(6)10(13)12-8/h5H,1-4H2,(H2,11,14)(H,12,13). The van der Waals surface area contributed by atoms with E-state index in [2.05, 4.69) is 4.98 Å². The number of hydrogen-bond acceptors (Lipinski definition) is 3. The SMILES string of the molecule is NC(=S)c1cc2c(c(O)n1)CCCC2. The second-order valence-corrected chi connectivity index (χ2v) is 3.98. The van der Waals surface area contributed by atoms with Gasteiger partial charge < -0.3 is 10.8 Å². The molecule has 0 amide bonds. The van der Waals surface area contributed by atoms with Gasteiger partial charge in [-0.15, -0.1) is 0 Å². The molecule has 0 unspecified atom stereocenters. The van der Waals surface area contributed by atoms with Crippen molar-refractivity contribution in [2.75, 3.05) is 0 Å². The van der Waals surface area contributed by atoms with Crippen LogP contribution in [0.2, 0.25) is 0 Å². The highest BCUT2D eigenvalue weighted by molar-refractivity contribution is 7.80. The molecule has 0 bridgehead atoms. The number of rotatable bonds is 1. The molecule has 0 spiro atoms. The largest absolute Gasteiger partial charge is 0.493 e. The molecule has 1 aliphatic rings. The Morgan fingerprint density at radius 2 is 2.14 bits per heavy atom. The van der Waals surface area contributed by atoms with Crippen LogP contribution in [0.4, 0.5) is 0 Å². The molecule has 0 aromatic carbocycles. The first-order valence-corrected chi connectivity index (χ1v) is 5.11. The lowest BCUT2D eigenvalue weighted by Crippen LogP contribution is -2.14. The molecule has 2 rings (SSSR count). The fraction of sp³-hybridized carbons (Fsp3) is 0.400. The van der Waals surface area contributed by atoms with Gasteiger partial charge in [0.25, 0.3) is 0 Å². The molecule has 1 heterocycles. The molecule has 3 nitrogen and oxygen atoms in total. The average Bonchev–Trinajstić information content (AvgIpc) is 2.17. The second kappa shape index (κ2) is 3.53. The smallest absolute Gasteiger partial charge is 0.214 e. The first-order valence-electron chi connectivity index (χ1n) is 4.70. The lowest BCUT2D eigenvalue weighted by Gasteiger charge is -2.16. The molecule has 1 aromatic heterocycles. The molecular formula is C10H12N2OS. The van der Waals surface area contributed by atoms with Crippen LogP contribution >= 0.6 is 12.2 Å². The van der Waals surface area contributed by atoms with Gasteiger partial charge in [-0.3, -0.25) is 0 Å². The number of fused-ring (bicyclic) bond motifs is 1. The number of hydrogen-bond donors (Lipinski definition) is 2. The molecule has 0 fully saturated rings. The van der Waals surface area contributed by atoms with Crippen molar-refractivity contribution in [1.82, 2.24) is 4.98 Å². The summed E-state index contributed by atoms with van der Waals surface area (Å²) in [6.07, 6.45) is 4.18. The lowest BCUT2D eigenvalue weighted by atomic mass is 9.92. The number of aromatic nitrogens is 1. The Bertz CT molecular complexity index is 390. The zero-order valence-corrected chi connectivity index (χ0v) is 8.60. The topological polar surface area (TPSA) is 59.1 Å². The van der Waals surface area contributed by atoms with Crippen LogP contribution in [0.15, 0.2) is 6.07 Å². The first-order chi connectivity index (χ1) is 6.68. The first kappa shape index (κ1) is 9.40. The van der Waals surface area contributed by atoms with Gasteiger partial charge in [0.05, 0.1) is 0 Å².